The largest absolute Gasteiger partial charge is 0.387 e. The lowest BCUT2D eigenvalue weighted by Crippen LogP contribution is -2.33. The molecule has 0 aliphatic carbocycles. The minimum Gasteiger partial charge on any atom is -0.387 e. The van der Waals surface area contributed by atoms with E-state index in [0.717, 1.165) is 0 Å². The van der Waals surface area contributed by atoms with Crippen LogP contribution in [0, 0.1) is 0 Å². The maximum absolute atomic E-state index is 11.2. The predicted octanol–water partition coefficient (Wildman–Crippen LogP) is 1.09. The normalized spacial score (nSPS) is 27.7. The van der Waals surface area contributed by atoms with Crippen molar-refractivity contribution in [2.24, 2.45) is 0 Å². The Kier molecular flexibility index (Phi) is 4.99. The van der Waals surface area contributed by atoms with Crippen molar-refractivity contribution >= 4 is 45.5 Å². The van der Waals surface area contributed by atoms with E-state index in [1.165, 1.54) is 17.2 Å². The first kappa shape index (κ1) is 17.8. The quantitative estimate of drug-likeness (QED) is 0.634. The van der Waals surface area contributed by atoms with Gasteiger partial charge in [0, 0.05) is 7.05 Å². The first-order valence-corrected chi connectivity index (χ1v) is 10.3. The van der Waals surface area contributed by atoms with Crippen molar-refractivity contribution < 1.29 is 24.0 Å². The van der Waals surface area contributed by atoms with Gasteiger partial charge >= 0.3 is 6.07 Å². The second-order valence-corrected chi connectivity index (χ2v) is 9.33. The third-order valence-corrected chi connectivity index (χ3v) is 4.63. The molecule has 4 atom stereocenters. The van der Waals surface area contributed by atoms with Crippen LogP contribution in [0.25, 0.3) is 11.2 Å². The maximum atomic E-state index is 11.2. The third kappa shape index (κ3) is 3.36. The molecule has 2 unspecified atom stereocenters. The topological polar surface area (TPSA) is 132 Å². The van der Waals surface area contributed by atoms with E-state index in [1.54, 1.807) is 7.05 Å². The van der Waals surface area contributed by atoms with Crippen LogP contribution >= 0.6 is 28.6 Å². The van der Waals surface area contributed by atoms with Gasteiger partial charge < -0.3 is 24.8 Å². The molecule has 1 saturated heterocycles. The van der Waals surface area contributed by atoms with Crippen molar-refractivity contribution in [3.8, 4) is 0 Å². The van der Waals surface area contributed by atoms with Gasteiger partial charge in [-0.1, -0.05) is 0 Å². The number of fused-ring (bicyclic) bond motifs is 1. The molecular formula is C11H14Cl2N5O5P. The van der Waals surface area contributed by atoms with Crippen molar-refractivity contribution in [2.75, 3.05) is 19.0 Å². The van der Waals surface area contributed by atoms with E-state index in [-0.39, 0.29) is 6.61 Å². The summed E-state index contributed by atoms with van der Waals surface area (Å²) in [4.78, 5) is 12.4. The summed E-state index contributed by atoms with van der Waals surface area (Å²) in [5.41, 5.74) is 0.892. The van der Waals surface area contributed by atoms with Crippen LogP contribution in [0.5, 0.6) is 0 Å². The molecule has 1 aliphatic heterocycles. The molecule has 2 aromatic rings. The van der Waals surface area contributed by atoms with Gasteiger partial charge in [0.05, 0.1) is 12.9 Å². The summed E-state index contributed by atoms with van der Waals surface area (Å²) < 4.78 is 23.0. The smallest absolute Gasteiger partial charge is 0.380 e. The maximum Gasteiger partial charge on any atom is 0.380 e. The van der Waals surface area contributed by atoms with Crippen molar-refractivity contribution in [1.29, 1.82) is 0 Å². The molecule has 0 spiro atoms. The van der Waals surface area contributed by atoms with Crippen LogP contribution in [0.3, 0.4) is 0 Å². The van der Waals surface area contributed by atoms with Gasteiger partial charge in [0.15, 0.2) is 17.7 Å². The standard InChI is InChI=1S/C11H14Cl2N5O5P/c1-14-9-6-10(16-3-15-9)18(4-17-6)11-8(20)7(19)5(23-11)2-22-24(12,13)21/h3-5,7-8,11,19-20H,2H2,1H3,(H,14,15,16)/t5-,7?,8?,11-/m1/s1. The number of hydrogen-bond acceptors (Lipinski definition) is 9. The van der Waals surface area contributed by atoms with Crippen LogP contribution in [0.2, 0.25) is 0 Å². The van der Waals surface area contributed by atoms with Crippen molar-refractivity contribution in [2.45, 2.75) is 24.5 Å². The fourth-order valence-corrected chi connectivity index (χ4v) is 3.14. The van der Waals surface area contributed by atoms with Gasteiger partial charge in [0.2, 0.25) is 0 Å². The number of nitrogens with zero attached hydrogens (tertiary/aromatic N) is 4. The number of rotatable bonds is 5. The highest BCUT2D eigenvalue weighted by Gasteiger charge is 2.45. The van der Waals surface area contributed by atoms with E-state index < -0.39 is 30.6 Å². The summed E-state index contributed by atoms with van der Waals surface area (Å²) in [5.74, 6) is 0.511. The lowest BCUT2D eigenvalue weighted by molar-refractivity contribution is -0.0465. The number of aromatic nitrogens is 4. The molecule has 3 rings (SSSR count). The number of halogens is 2. The number of aliphatic hydroxyl groups is 2. The lowest BCUT2D eigenvalue weighted by atomic mass is 10.1. The summed E-state index contributed by atoms with van der Waals surface area (Å²) >= 11 is 10.6. The first-order chi connectivity index (χ1) is 11.3. The number of anilines is 1. The zero-order valence-corrected chi connectivity index (χ0v) is 14.7. The van der Waals surface area contributed by atoms with Gasteiger partial charge in [-0.2, -0.15) is 0 Å². The molecule has 0 radical (unpaired) electrons. The molecule has 2 aromatic heterocycles. The Bertz CT molecular complexity index is 785. The number of ether oxygens (including phenoxy) is 1. The molecule has 1 fully saturated rings. The van der Waals surface area contributed by atoms with Crippen LogP contribution in [-0.4, -0.2) is 61.7 Å². The molecule has 13 heteroatoms. The molecule has 10 nitrogen and oxygen atoms in total. The molecule has 0 saturated carbocycles. The predicted molar refractivity (Wildman–Crippen MR) is 86.1 cm³/mol. The molecule has 3 heterocycles. The Labute approximate surface area is 145 Å². The fourth-order valence-electron chi connectivity index (χ4n) is 2.48. The van der Waals surface area contributed by atoms with Crippen molar-refractivity contribution in [3.63, 3.8) is 0 Å². The third-order valence-electron chi connectivity index (χ3n) is 3.60. The Morgan fingerprint density at radius 3 is 2.79 bits per heavy atom. The van der Waals surface area contributed by atoms with Crippen LogP contribution in [0.1, 0.15) is 6.23 Å². The first-order valence-electron chi connectivity index (χ1n) is 6.82. The van der Waals surface area contributed by atoms with Gasteiger partial charge in [-0.3, -0.25) is 9.13 Å². The van der Waals surface area contributed by atoms with Gasteiger partial charge in [-0.25, -0.2) is 15.0 Å². The molecule has 132 valence electrons. The minimum absolute atomic E-state index is 0.345. The second kappa shape index (κ2) is 6.72. The van der Waals surface area contributed by atoms with Gasteiger partial charge in [-0.15, -0.1) is 0 Å². The molecule has 0 amide bonds. The summed E-state index contributed by atoms with van der Waals surface area (Å²) in [5, 5.41) is 23.2. The van der Waals surface area contributed by atoms with E-state index >= 15 is 0 Å². The Morgan fingerprint density at radius 2 is 2.12 bits per heavy atom. The molecular weight excluding hydrogens is 384 g/mol. The Hall–Kier alpha value is -1.00. The SMILES string of the molecule is CNc1ncnc2c1ncn2[C@@H]1O[C@H](COP(=O)(Cl)Cl)C(O)C1O. The monoisotopic (exact) mass is 397 g/mol. The van der Waals surface area contributed by atoms with Crippen molar-refractivity contribution in [3.05, 3.63) is 12.7 Å². The summed E-state index contributed by atoms with van der Waals surface area (Å²) in [6.07, 6.45) is -5.54. The van der Waals surface area contributed by atoms with Crippen LogP contribution in [0.15, 0.2) is 12.7 Å². The number of nitrogens with one attached hydrogen (secondary N) is 1. The highest BCUT2D eigenvalue weighted by molar-refractivity contribution is 8.05. The Morgan fingerprint density at radius 1 is 1.38 bits per heavy atom. The molecule has 1 aliphatic rings. The molecule has 0 aromatic carbocycles. The van der Waals surface area contributed by atoms with Gasteiger partial charge in [0.1, 0.15) is 30.2 Å². The summed E-state index contributed by atoms with van der Waals surface area (Å²) in [6.45, 7) is -0.345. The van der Waals surface area contributed by atoms with Gasteiger partial charge in [0.25, 0.3) is 0 Å². The van der Waals surface area contributed by atoms with Crippen molar-refractivity contribution in [1.82, 2.24) is 19.5 Å². The van der Waals surface area contributed by atoms with E-state index in [9.17, 15) is 14.8 Å². The highest BCUT2D eigenvalue weighted by atomic mass is 35.9. The number of hydrogen-bond donors (Lipinski definition) is 3. The Balaban J connectivity index is 1.86. The van der Waals surface area contributed by atoms with E-state index in [0.29, 0.717) is 17.0 Å². The zero-order chi connectivity index (χ0) is 17.5. The molecule has 3 N–H and O–H groups in total. The van der Waals surface area contributed by atoms with E-state index in [2.05, 4.69) is 20.3 Å². The van der Waals surface area contributed by atoms with Crippen LogP contribution in [-0.2, 0) is 13.8 Å². The minimum atomic E-state index is -3.77. The van der Waals surface area contributed by atoms with Crippen LogP contribution < -0.4 is 5.32 Å². The average molecular weight is 398 g/mol. The zero-order valence-electron chi connectivity index (χ0n) is 12.3. The number of imidazole rings is 1. The summed E-state index contributed by atoms with van der Waals surface area (Å²) in [7, 11) is 1.69. The van der Waals surface area contributed by atoms with Gasteiger partial charge in [-0.05, 0) is 22.5 Å². The average Bonchev–Trinajstić information content (AvgIpc) is 3.07. The van der Waals surface area contributed by atoms with E-state index in [1.807, 2.05) is 0 Å². The van der Waals surface area contributed by atoms with E-state index in [4.69, 9.17) is 31.7 Å². The fraction of sp³-hybridized carbons (Fsp3) is 0.545. The summed E-state index contributed by atoms with van der Waals surface area (Å²) in [6, 6.07) is 0. The second-order valence-electron chi connectivity index (χ2n) is 5.05. The molecule has 0 bridgehead atoms. The number of aliphatic hydroxyl groups excluding tert-OH is 2. The molecule has 24 heavy (non-hydrogen) atoms. The lowest BCUT2D eigenvalue weighted by Gasteiger charge is -2.16. The highest BCUT2D eigenvalue weighted by Crippen LogP contribution is 2.57. The van der Waals surface area contributed by atoms with Crippen LogP contribution in [0.4, 0.5) is 5.82 Å².